The van der Waals surface area contributed by atoms with Crippen molar-refractivity contribution in [2.45, 2.75) is 44.9 Å². The average Bonchev–Trinajstić information content (AvgIpc) is 3.09. The van der Waals surface area contributed by atoms with Gasteiger partial charge < -0.3 is 15.2 Å². The molecule has 1 saturated heterocycles. The summed E-state index contributed by atoms with van der Waals surface area (Å²) in [5.74, 6) is -0.379. The lowest BCUT2D eigenvalue weighted by Crippen LogP contribution is -2.45. The van der Waals surface area contributed by atoms with Crippen LogP contribution >= 0.6 is 0 Å². The van der Waals surface area contributed by atoms with Crippen LogP contribution in [0.15, 0.2) is 64.8 Å². The van der Waals surface area contributed by atoms with Gasteiger partial charge in [-0.2, -0.15) is 10.2 Å². The summed E-state index contributed by atoms with van der Waals surface area (Å²) in [6.07, 6.45) is -1.22. The molecule has 0 spiro atoms. The molecule has 30 heavy (non-hydrogen) atoms. The summed E-state index contributed by atoms with van der Waals surface area (Å²) >= 11 is 0. The van der Waals surface area contributed by atoms with Gasteiger partial charge in [0.25, 0.3) is 0 Å². The maximum Gasteiger partial charge on any atom is 0.411 e. The highest BCUT2D eigenvalue weighted by Gasteiger charge is 2.40. The normalized spacial score (nSPS) is 19.1. The van der Waals surface area contributed by atoms with Crippen molar-refractivity contribution in [1.29, 1.82) is 0 Å². The minimum Gasteiger partial charge on any atom is -0.444 e. The molecular formula is C22H26N4O4. The molecule has 8 nitrogen and oxygen atoms in total. The minimum atomic E-state index is -0.799. The van der Waals surface area contributed by atoms with Crippen LogP contribution in [0.1, 0.15) is 27.2 Å². The molecule has 8 heteroatoms. The molecule has 2 amide bonds. The van der Waals surface area contributed by atoms with Gasteiger partial charge >= 0.3 is 6.09 Å². The lowest BCUT2D eigenvalue weighted by Gasteiger charge is -2.27. The molecule has 2 atom stereocenters. The Morgan fingerprint density at radius 2 is 1.63 bits per heavy atom. The third kappa shape index (κ3) is 5.87. The number of carbonyl (C=O) groups is 2. The number of carbonyl (C=O) groups excluding carboxylic acids is 2. The first-order valence-corrected chi connectivity index (χ1v) is 9.77. The molecular weight excluding hydrogens is 384 g/mol. The van der Waals surface area contributed by atoms with Gasteiger partial charge in [0, 0.05) is 12.1 Å². The van der Waals surface area contributed by atoms with Crippen LogP contribution in [0.25, 0.3) is 0 Å². The van der Waals surface area contributed by atoms with E-state index in [1.165, 1.54) is 4.90 Å². The number of anilines is 1. The van der Waals surface area contributed by atoms with Crippen molar-refractivity contribution in [3.63, 3.8) is 0 Å². The number of ether oxygens (including phenoxy) is 1. The predicted octanol–water partition coefficient (Wildman–Crippen LogP) is 4.41. The molecule has 0 aromatic heterocycles. The molecule has 1 aliphatic heterocycles. The average molecular weight is 410 g/mol. The molecule has 0 radical (unpaired) electrons. The number of aliphatic hydroxyl groups is 1. The van der Waals surface area contributed by atoms with Crippen molar-refractivity contribution in [3.05, 3.63) is 54.6 Å². The molecule has 158 valence electrons. The van der Waals surface area contributed by atoms with E-state index in [4.69, 9.17) is 4.74 Å². The number of nitrogens with one attached hydrogen (secondary N) is 1. The summed E-state index contributed by atoms with van der Waals surface area (Å²) < 4.78 is 5.35. The van der Waals surface area contributed by atoms with E-state index in [1.807, 2.05) is 30.3 Å². The number of azo groups is 1. The van der Waals surface area contributed by atoms with Crippen LogP contribution in [0.5, 0.6) is 0 Å². The lowest BCUT2D eigenvalue weighted by atomic mass is 10.1. The van der Waals surface area contributed by atoms with E-state index in [0.29, 0.717) is 11.4 Å². The molecule has 3 rings (SSSR count). The second-order valence-corrected chi connectivity index (χ2v) is 8.11. The van der Waals surface area contributed by atoms with Gasteiger partial charge in [-0.05, 0) is 57.2 Å². The summed E-state index contributed by atoms with van der Waals surface area (Å²) in [5.41, 5.74) is 1.26. The van der Waals surface area contributed by atoms with Gasteiger partial charge in [0.15, 0.2) is 0 Å². The topological polar surface area (TPSA) is 104 Å². The van der Waals surface area contributed by atoms with Gasteiger partial charge in [-0.15, -0.1) is 0 Å². The fourth-order valence-corrected chi connectivity index (χ4v) is 3.03. The number of aliphatic hydroxyl groups excluding tert-OH is 1. The van der Waals surface area contributed by atoms with E-state index in [2.05, 4.69) is 15.5 Å². The Kier molecular flexibility index (Phi) is 6.47. The summed E-state index contributed by atoms with van der Waals surface area (Å²) in [6, 6.07) is 15.5. The van der Waals surface area contributed by atoms with E-state index in [1.54, 1.807) is 45.0 Å². The monoisotopic (exact) mass is 410 g/mol. The van der Waals surface area contributed by atoms with Gasteiger partial charge in [0.05, 0.1) is 24.0 Å². The first-order valence-electron chi connectivity index (χ1n) is 9.77. The maximum absolute atomic E-state index is 12.7. The van der Waals surface area contributed by atoms with Gasteiger partial charge in [-0.25, -0.2) is 4.79 Å². The van der Waals surface area contributed by atoms with Gasteiger partial charge in [0.2, 0.25) is 5.91 Å². The van der Waals surface area contributed by atoms with Crippen LogP contribution in [0.4, 0.5) is 21.9 Å². The van der Waals surface area contributed by atoms with Crippen LogP contribution < -0.4 is 5.32 Å². The van der Waals surface area contributed by atoms with Crippen LogP contribution in [0.2, 0.25) is 0 Å². The summed E-state index contributed by atoms with van der Waals surface area (Å²) in [5, 5.41) is 21.1. The Morgan fingerprint density at radius 1 is 1.03 bits per heavy atom. The number of hydrogen-bond acceptors (Lipinski definition) is 6. The Morgan fingerprint density at radius 3 is 2.23 bits per heavy atom. The summed E-state index contributed by atoms with van der Waals surface area (Å²) in [7, 11) is 0. The standard InChI is InChI=1S/C22H26N4O4/c1-22(2,3)30-21(29)26-14-18(27)13-19(26)20(28)23-15-9-11-17(12-10-15)25-24-16-7-5-4-6-8-16/h4-12,18-19,27H,13-14H2,1-3H3,(H,23,28)/t18-,19-/m0/s1. The Labute approximate surface area is 175 Å². The molecule has 0 unspecified atom stereocenters. The minimum absolute atomic E-state index is 0.0613. The zero-order valence-electron chi connectivity index (χ0n) is 17.3. The van der Waals surface area contributed by atoms with E-state index < -0.39 is 23.8 Å². The predicted molar refractivity (Wildman–Crippen MR) is 113 cm³/mol. The Bertz CT molecular complexity index is 907. The highest BCUT2D eigenvalue weighted by molar-refractivity contribution is 5.97. The highest BCUT2D eigenvalue weighted by atomic mass is 16.6. The number of hydrogen-bond donors (Lipinski definition) is 2. The molecule has 2 aromatic rings. The van der Waals surface area contributed by atoms with Crippen molar-refractivity contribution in [1.82, 2.24) is 4.90 Å². The van der Waals surface area contributed by atoms with Crippen molar-refractivity contribution in [2.75, 3.05) is 11.9 Å². The van der Waals surface area contributed by atoms with Crippen molar-refractivity contribution in [2.24, 2.45) is 10.2 Å². The van der Waals surface area contributed by atoms with Gasteiger partial charge in [-0.3, -0.25) is 9.69 Å². The van der Waals surface area contributed by atoms with E-state index in [-0.39, 0.29) is 18.9 Å². The van der Waals surface area contributed by atoms with Crippen molar-refractivity contribution < 1.29 is 19.4 Å². The van der Waals surface area contributed by atoms with Crippen molar-refractivity contribution >= 4 is 29.1 Å². The SMILES string of the molecule is CC(C)(C)OC(=O)N1C[C@@H](O)C[C@H]1C(=O)Nc1ccc(N=Nc2ccccc2)cc1. The maximum atomic E-state index is 12.7. The van der Waals surface area contributed by atoms with Crippen LogP contribution in [-0.4, -0.2) is 46.3 Å². The second kappa shape index (κ2) is 9.04. The van der Waals surface area contributed by atoms with Gasteiger partial charge in [-0.1, -0.05) is 18.2 Å². The van der Waals surface area contributed by atoms with E-state index in [9.17, 15) is 14.7 Å². The summed E-state index contributed by atoms with van der Waals surface area (Å²) in [4.78, 5) is 26.4. The number of β-amino-alcohol motifs (C(OH)–C–C–N with tert-alkyl or cyclic N) is 1. The molecule has 1 aliphatic rings. The third-order valence-electron chi connectivity index (χ3n) is 4.38. The third-order valence-corrected chi connectivity index (χ3v) is 4.38. The molecule has 2 aromatic carbocycles. The number of rotatable bonds is 4. The zero-order valence-corrected chi connectivity index (χ0v) is 17.3. The number of amides is 2. The molecule has 1 fully saturated rings. The first-order chi connectivity index (χ1) is 14.2. The molecule has 0 bridgehead atoms. The largest absolute Gasteiger partial charge is 0.444 e. The molecule has 0 aliphatic carbocycles. The van der Waals surface area contributed by atoms with E-state index in [0.717, 1.165) is 5.69 Å². The fraction of sp³-hybridized carbons (Fsp3) is 0.364. The number of likely N-dealkylation sites (tertiary alicyclic amines) is 1. The molecule has 2 N–H and O–H groups in total. The van der Waals surface area contributed by atoms with E-state index >= 15 is 0 Å². The lowest BCUT2D eigenvalue weighted by molar-refractivity contribution is -0.120. The number of benzene rings is 2. The first kappa shape index (κ1) is 21.4. The number of nitrogens with zero attached hydrogens (tertiary/aromatic N) is 3. The Hall–Kier alpha value is -3.26. The fourth-order valence-electron chi connectivity index (χ4n) is 3.03. The van der Waals surface area contributed by atoms with Gasteiger partial charge in [0.1, 0.15) is 11.6 Å². The highest BCUT2D eigenvalue weighted by Crippen LogP contribution is 2.24. The van der Waals surface area contributed by atoms with Crippen molar-refractivity contribution in [3.8, 4) is 0 Å². The molecule has 1 heterocycles. The van der Waals surface area contributed by atoms with Crippen LogP contribution in [0, 0.1) is 0 Å². The molecule has 0 saturated carbocycles. The second-order valence-electron chi connectivity index (χ2n) is 8.11. The Balaban J connectivity index is 1.63. The zero-order chi connectivity index (χ0) is 21.7. The summed E-state index contributed by atoms with van der Waals surface area (Å²) in [6.45, 7) is 5.32. The van der Waals surface area contributed by atoms with Crippen LogP contribution in [-0.2, 0) is 9.53 Å². The quantitative estimate of drug-likeness (QED) is 0.729. The smallest absolute Gasteiger partial charge is 0.411 e. The van der Waals surface area contributed by atoms with Crippen LogP contribution in [0.3, 0.4) is 0 Å².